The van der Waals surface area contributed by atoms with Crippen LogP contribution in [-0.2, 0) is 4.74 Å². The third-order valence-electron chi connectivity index (χ3n) is 4.22. The van der Waals surface area contributed by atoms with Crippen LogP contribution in [0.4, 0.5) is 0 Å². The minimum atomic E-state index is 0.398. The number of methoxy groups -OCH3 is 1. The summed E-state index contributed by atoms with van der Waals surface area (Å²) in [6.07, 6.45) is 15.5. The molecule has 2 atom stereocenters. The maximum atomic E-state index is 5.34. The SMILES string of the molecule is CCCCCCCCCCC(CCC(C)OC)NCC. The van der Waals surface area contributed by atoms with Crippen LogP contribution in [0.25, 0.3) is 0 Å². The Hall–Kier alpha value is -0.0800. The molecule has 0 heterocycles. The molecule has 2 unspecified atom stereocenters. The summed E-state index contributed by atoms with van der Waals surface area (Å²) in [5.74, 6) is 0. The predicted octanol–water partition coefficient (Wildman–Crippen LogP) is 5.31. The summed E-state index contributed by atoms with van der Waals surface area (Å²) >= 11 is 0. The van der Waals surface area contributed by atoms with Crippen molar-refractivity contribution in [3.63, 3.8) is 0 Å². The van der Waals surface area contributed by atoms with E-state index in [9.17, 15) is 0 Å². The van der Waals surface area contributed by atoms with Crippen LogP contribution in [0.1, 0.15) is 91.4 Å². The lowest BCUT2D eigenvalue weighted by molar-refractivity contribution is 0.105. The van der Waals surface area contributed by atoms with E-state index < -0.39 is 0 Å². The van der Waals surface area contributed by atoms with Crippen molar-refractivity contribution in [1.82, 2.24) is 5.32 Å². The Bertz CT molecular complexity index is 184. The Morgan fingerprint density at radius 3 is 1.95 bits per heavy atom. The molecule has 0 amide bonds. The molecule has 1 N–H and O–H groups in total. The van der Waals surface area contributed by atoms with E-state index in [1.54, 1.807) is 0 Å². The summed E-state index contributed by atoms with van der Waals surface area (Å²) in [7, 11) is 1.81. The van der Waals surface area contributed by atoms with Crippen LogP contribution in [0.3, 0.4) is 0 Å². The van der Waals surface area contributed by atoms with Gasteiger partial charge in [-0.2, -0.15) is 0 Å². The van der Waals surface area contributed by atoms with Crippen molar-refractivity contribution < 1.29 is 4.74 Å². The smallest absolute Gasteiger partial charge is 0.0543 e. The van der Waals surface area contributed by atoms with Crippen LogP contribution in [0.2, 0.25) is 0 Å². The van der Waals surface area contributed by atoms with E-state index in [0.29, 0.717) is 12.1 Å². The van der Waals surface area contributed by atoms with Crippen LogP contribution >= 0.6 is 0 Å². The largest absolute Gasteiger partial charge is 0.382 e. The fourth-order valence-electron chi connectivity index (χ4n) is 2.72. The monoisotopic (exact) mass is 285 g/mol. The number of nitrogens with one attached hydrogen (secondary N) is 1. The molecule has 20 heavy (non-hydrogen) atoms. The van der Waals surface area contributed by atoms with E-state index in [1.807, 2.05) is 7.11 Å². The van der Waals surface area contributed by atoms with Gasteiger partial charge in [-0.15, -0.1) is 0 Å². The minimum Gasteiger partial charge on any atom is -0.382 e. The summed E-state index contributed by atoms with van der Waals surface area (Å²) in [6.45, 7) is 7.74. The molecular weight excluding hydrogens is 246 g/mol. The van der Waals surface area contributed by atoms with Gasteiger partial charge in [0.1, 0.15) is 0 Å². The third kappa shape index (κ3) is 12.9. The van der Waals surface area contributed by atoms with Crippen molar-refractivity contribution in [3.05, 3.63) is 0 Å². The molecule has 0 rings (SSSR count). The molecule has 0 aliphatic carbocycles. The van der Waals surface area contributed by atoms with Gasteiger partial charge in [0, 0.05) is 13.2 Å². The molecular formula is C18H39NO. The van der Waals surface area contributed by atoms with Crippen LogP contribution in [-0.4, -0.2) is 25.8 Å². The highest BCUT2D eigenvalue weighted by Gasteiger charge is 2.09. The average Bonchev–Trinajstić information content (AvgIpc) is 2.46. The van der Waals surface area contributed by atoms with Crippen molar-refractivity contribution in [3.8, 4) is 0 Å². The van der Waals surface area contributed by atoms with Gasteiger partial charge < -0.3 is 10.1 Å². The summed E-state index contributed by atoms with van der Waals surface area (Å²) in [6, 6.07) is 0.692. The number of rotatable bonds is 15. The summed E-state index contributed by atoms with van der Waals surface area (Å²) in [5, 5.41) is 3.63. The lowest BCUT2D eigenvalue weighted by Gasteiger charge is -2.19. The van der Waals surface area contributed by atoms with Gasteiger partial charge in [0.25, 0.3) is 0 Å². The van der Waals surface area contributed by atoms with Gasteiger partial charge in [-0.1, -0.05) is 65.2 Å². The molecule has 122 valence electrons. The average molecular weight is 286 g/mol. The van der Waals surface area contributed by atoms with E-state index in [4.69, 9.17) is 4.74 Å². The van der Waals surface area contributed by atoms with Crippen LogP contribution in [0, 0.1) is 0 Å². The molecule has 0 fully saturated rings. The zero-order valence-electron chi connectivity index (χ0n) is 14.5. The number of hydrogen-bond donors (Lipinski definition) is 1. The second-order valence-corrected chi connectivity index (χ2v) is 6.14. The summed E-state index contributed by atoms with van der Waals surface area (Å²) in [4.78, 5) is 0. The van der Waals surface area contributed by atoms with Crippen molar-refractivity contribution in [1.29, 1.82) is 0 Å². The molecule has 2 heteroatoms. The lowest BCUT2D eigenvalue weighted by Crippen LogP contribution is -2.29. The summed E-state index contributed by atoms with van der Waals surface area (Å²) in [5.41, 5.74) is 0. The molecule has 0 spiro atoms. The van der Waals surface area contributed by atoms with Crippen LogP contribution in [0.15, 0.2) is 0 Å². The van der Waals surface area contributed by atoms with Gasteiger partial charge in [-0.05, 0) is 32.7 Å². The minimum absolute atomic E-state index is 0.398. The van der Waals surface area contributed by atoms with E-state index in [2.05, 4.69) is 26.1 Å². The van der Waals surface area contributed by atoms with Gasteiger partial charge >= 0.3 is 0 Å². The number of ether oxygens (including phenoxy) is 1. The standard InChI is InChI=1S/C18H39NO/c1-5-7-8-9-10-11-12-13-14-18(19-6-2)16-15-17(3)20-4/h17-19H,5-16H2,1-4H3. The highest BCUT2D eigenvalue weighted by atomic mass is 16.5. The fraction of sp³-hybridized carbons (Fsp3) is 1.00. The second-order valence-electron chi connectivity index (χ2n) is 6.14. The first-order valence-corrected chi connectivity index (χ1v) is 9.00. The van der Waals surface area contributed by atoms with E-state index >= 15 is 0 Å². The van der Waals surface area contributed by atoms with E-state index in [-0.39, 0.29) is 0 Å². The first-order valence-electron chi connectivity index (χ1n) is 9.00. The lowest BCUT2D eigenvalue weighted by atomic mass is 10.0. The fourth-order valence-corrected chi connectivity index (χ4v) is 2.72. The molecule has 0 saturated heterocycles. The van der Waals surface area contributed by atoms with E-state index in [1.165, 1.54) is 70.6 Å². The Morgan fingerprint density at radius 2 is 1.40 bits per heavy atom. The molecule has 0 aromatic rings. The highest BCUT2D eigenvalue weighted by Crippen LogP contribution is 2.13. The molecule has 2 nitrogen and oxygen atoms in total. The quantitative estimate of drug-likeness (QED) is 0.412. The molecule has 0 saturated carbocycles. The third-order valence-corrected chi connectivity index (χ3v) is 4.22. The molecule has 0 aromatic heterocycles. The zero-order valence-corrected chi connectivity index (χ0v) is 14.5. The maximum absolute atomic E-state index is 5.34. The molecule has 0 aliphatic rings. The predicted molar refractivity (Wildman–Crippen MR) is 90.4 cm³/mol. The van der Waals surface area contributed by atoms with Gasteiger partial charge in [0.2, 0.25) is 0 Å². The van der Waals surface area contributed by atoms with E-state index in [0.717, 1.165) is 6.54 Å². The Kier molecular flexibility index (Phi) is 15.3. The van der Waals surface area contributed by atoms with Crippen LogP contribution < -0.4 is 5.32 Å². The topological polar surface area (TPSA) is 21.3 Å². The first kappa shape index (κ1) is 19.9. The van der Waals surface area contributed by atoms with Crippen molar-refractivity contribution in [2.75, 3.05) is 13.7 Å². The van der Waals surface area contributed by atoms with Crippen LogP contribution in [0.5, 0.6) is 0 Å². The highest BCUT2D eigenvalue weighted by molar-refractivity contribution is 4.68. The molecule has 0 bridgehead atoms. The van der Waals surface area contributed by atoms with Gasteiger partial charge in [0.15, 0.2) is 0 Å². The first-order chi connectivity index (χ1) is 9.74. The molecule has 0 aromatic carbocycles. The maximum Gasteiger partial charge on any atom is 0.0543 e. The normalized spacial score (nSPS) is 14.4. The number of hydrogen-bond acceptors (Lipinski definition) is 2. The van der Waals surface area contributed by atoms with Gasteiger partial charge in [0.05, 0.1) is 6.10 Å². The van der Waals surface area contributed by atoms with Crippen molar-refractivity contribution in [2.24, 2.45) is 0 Å². The second kappa shape index (κ2) is 15.3. The Labute approximate surface area is 128 Å². The van der Waals surface area contributed by atoms with Gasteiger partial charge in [-0.3, -0.25) is 0 Å². The number of unbranched alkanes of at least 4 members (excludes halogenated alkanes) is 7. The van der Waals surface area contributed by atoms with Crippen molar-refractivity contribution in [2.45, 2.75) is 104 Å². The summed E-state index contributed by atoms with van der Waals surface area (Å²) < 4.78 is 5.34. The molecule has 0 radical (unpaired) electrons. The van der Waals surface area contributed by atoms with Gasteiger partial charge in [-0.25, -0.2) is 0 Å². The zero-order chi connectivity index (χ0) is 15.1. The molecule has 0 aliphatic heterocycles. The van der Waals surface area contributed by atoms with Crippen molar-refractivity contribution >= 4 is 0 Å². The Morgan fingerprint density at radius 1 is 0.800 bits per heavy atom. The Balaban J connectivity index is 3.50.